The van der Waals surface area contributed by atoms with Crippen molar-refractivity contribution in [1.29, 1.82) is 0 Å². The number of rotatable bonds is 8. The molecule has 6 nitrogen and oxygen atoms in total. The summed E-state index contributed by atoms with van der Waals surface area (Å²) in [6.07, 6.45) is 4.23. The Morgan fingerprint density at radius 1 is 1.07 bits per heavy atom. The van der Waals surface area contributed by atoms with Crippen LogP contribution in [0, 0.1) is 0 Å². The normalized spacial score (nSPS) is 10.3. The maximum absolute atomic E-state index is 12.2. The van der Waals surface area contributed by atoms with E-state index in [9.17, 15) is 4.79 Å². The highest BCUT2D eigenvalue weighted by molar-refractivity contribution is 5.92. The zero-order valence-electron chi connectivity index (χ0n) is 15.2. The van der Waals surface area contributed by atoms with Crippen molar-refractivity contribution in [3.05, 3.63) is 83.9 Å². The number of carbonyl (C=O) groups excluding carboxylic acids is 1. The van der Waals surface area contributed by atoms with Crippen molar-refractivity contribution in [2.24, 2.45) is 0 Å². The molecule has 3 aromatic rings. The fourth-order valence-electron chi connectivity index (χ4n) is 2.58. The monoisotopic (exact) mass is 362 g/mol. The molecule has 1 amide bonds. The van der Waals surface area contributed by atoms with Gasteiger partial charge < -0.3 is 15.4 Å². The van der Waals surface area contributed by atoms with Crippen LogP contribution in [0.3, 0.4) is 0 Å². The fraction of sp³-hybridized carbons (Fsp3) is 0.190. The predicted molar refractivity (Wildman–Crippen MR) is 105 cm³/mol. The minimum Gasteiger partial charge on any atom is -0.497 e. The van der Waals surface area contributed by atoms with E-state index in [1.807, 2.05) is 42.5 Å². The van der Waals surface area contributed by atoms with Gasteiger partial charge in [-0.25, -0.2) is 4.98 Å². The van der Waals surface area contributed by atoms with Gasteiger partial charge in [-0.05, 0) is 48.4 Å². The van der Waals surface area contributed by atoms with Crippen LogP contribution in [0.1, 0.15) is 21.7 Å². The molecule has 0 atom stereocenters. The molecule has 0 unspecified atom stereocenters. The highest BCUT2D eigenvalue weighted by Crippen LogP contribution is 2.13. The van der Waals surface area contributed by atoms with Crippen LogP contribution in [0.2, 0.25) is 0 Å². The van der Waals surface area contributed by atoms with Crippen molar-refractivity contribution in [3.8, 4) is 5.75 Å². The summed E-state index contributed by atoms with van der Waals surface area (Å²) in [5.74, 6) is 0.638. The van der Waals surface area contributed by atoms with E-state index in [1.54, 1.807) is 25.6 Å². The summed E-state index contributed by atoms with van der Waals surface area (Å²) in [6.45, 7) is 1.14. The molecule has 0 saturated carbocycles. The van der Waals surface area contributed by atoms with Crippen LogP contribution < -0.4 is 15.4 Å². The Morgan fingerprint density at radius 3 is 2.74 bits per heavy atom. The lowest BCUT2D eigenvalue weighted by Gasteiger charge is -2.08. The van der Waals surface area contributed by atoms with Crippen LogP contribution in [0.5, 0.6) is 5.75 Å². The molecule has 2 N–H and O–H groups in total. The highest BCUT2D eigenvalue weighted by Gasteiger charge is 2.07. The van der Waals surface area contributed by atoms with Gasteiger partial charge >= 0.3 is 0 Å². The van der Waals surface area contributed by atoms with E-state index in [0.29, 0.717) is 12.2 Å². The van der Waals surface area contributed by atoms with Gasteiger partial charge in [0.2, 0.25) is 0 Å². The van der Waals surface area contributed by atoms with Crippen LogP contribution in [0.25, 0.3) is 0 Å². The third-order valence-electron chi connectivity index (χ3n) is 4.03. The lowest BCUT2D eigenvalue weighted by atomic mass is 10.1. The van der Waals surface area contributed by atoms with Crippen LogP contribution in [-0.2, 0) is 13.0 Å². The largest absolute Gasteiger partial charge is 0.497 e. The Bertz CT molecular complexity index is 867. The molecule has 0 bridgehead atoms. The molecule has 6 heteroatoms. The number of carbonyl (C=O) groups is 1. The Kier molecular flexibility index (Phi) is 6.35. The Labute approximate surface area is 158 Å². The summed E-state index contributed by atoms with van der Waals surface area (Å²) in [5, 5.41) is 6.12. The first-order valence-electron chi connectivity index (χ1n) is 8.75. The Morgan fingerprint density at radius 2 is 2.00 bits per heavy atom. The molecule has 27 heavy (non-hydrogen) atoms. The lowest BCUT2D eigenvalue weighted by Crippen LogP contribution is -2.24. The van der Waals surface area contributed by atoms with E-state index in [-0.39, 0.29) is 5.91 Å². The van der Waals surface area contributed by atoms with Crippen molar-refractivity contribution in [1.82, 2.24) is 15.3 Å². The Balaban J connectivity index is 1.47. The van der Waals surface area contributed by atoms with E-state index in [2.05, 4.69) is 26.7 Å². The molecule has 138 valence electrons. The summed E-state index contributed by atoms with van der Waals surface area (Å²) in [5.41, 5.74) is 3.26. The maximum Gasteiger partial charge on any atom is 0.270 e. The van der Waals surface area contributed by atoms with Gasteiger partial charge in [0.25, 0.3) is 5.91 Å². The molecule has 0 aliphatic rings. The van der Waals surface area contributed by atoms with Crippen molar-refractivity contribution in [3.63, 3.8) is 0 Å². The standard InChI is InChI=1S/C21H22N4O2/c1-27-19-7-4-5-16(13-19)10-12-23-18-8-9-20(24-14-18)21(26)25-15-17-6-2-3-11-22-17/h2-9,11,13-14,23H,10,12,15H2,1H3,(H,25,26). The smallest absolute Gasteiger partial charge is 0.270 e. The number of nitrogens with one attached hydrogen (secondary N) is 2. The average molecular weight is 362 g/mol. The summed E-state index contributed by atoms with van der Waals surface area (Å²) in [6, 6.07) is 17.2. The number of hydrogen-bond donors (Lipinski definition) is 2. The first-order chi connectivity index (χ1) is 13.2. The number of amides is 1. The molecule has 0 aliphatic heterocycles. The second-order valence-corrected chi connectivity index (χ2v) is 5.96. The maximum atomic E-state index is 12.2. The van der Waals surface area contributed by atoms with Crippen LogP contribution in [-0.4, -0.2) is 29.5 Å². The molecule has 2 aromatic heterocycles. The van der Waals surface area contributed by atoms with Crippen molar-refractivity contribution in [2.75, 3.05) is 19.0 Å². The molecule has 2 heterocycles. The van der Waals surface area contributed by atoms with Crippen molar-refractivity contribution in [2.45, 2.75) is 13.0 Å². The number of ether oxygens (including phenoxy) is 1. The second kappa shape index (κ2) is 9.33. The number of benzene rings is 1. The van der Waals surface area contributed by atoms with E-state index >= 15 is 0 Å². The van der Waals surface area contributed by atoms with Gasteiger partial charge in [-0.3, -0.25) is 9.78 Å². The van der Waals surface area contributed by atoms with Crippen LogP contribution >= 0.6 is 0 Å². The number of anilines is 1. The summed E-state index contributed by atoms with van der Waals surface area (Å²) < 4.78 is 5.23. The van der Waals surface area contributed by atoms with Gasteiger partial charge in [0.15, 0.2) is 0 Å². The highest BCUT2D eigenvalue weighted by atomic mass is 16.5. The molecular weight excluding hydrogens is 340 g/mol. The number of hydrogen-bond acceptors (Lipinski definition) is 5. The van der Waals surface area contributed by atoms with Gasteiger partial charge in [0, 0.05) is 12.7 Å². The van der Waals surface area contributed by atoms with E-state index < -0.39 is 0 Å². The minimum atomic E-state index is -0.219. The molecule has 0 radical (unpaired) electrons. The second-order valence-electron chi connectivity index (χ2n) is 5.96. The Hall–Kier alpha value is -3.41. The number of pyridine rings is 2. The third-order valence-corrected chi connectivity index (χ3v) is 4.03. The van der Waals surface area contributed by atoms with Crippen LogP contribution in [0.15, 0.2) is 67.0 Å². The summed E-state index contributed by atoms with van der Waals surface area (Å²) >= 11 is 0. The van der Waals surface area contributed by atoms with Gasteiger partial charge in [0.1, 0.15) is 11.4 Å². The van der Waals surface area contributed by atoms with E-state index in [0.717, 1.165) is 30.1 Å². The summed E-state index contributed by atoms with van der Waals surface area (Å²) in [7, 11) is 1.66. The molecule has 0 aliphatic carbocycles. The number of aromatic nitrogens is 2. The molecule has 1 aromatic carbocycles. The van der Waals surface area contributed by atoms with Crippen molar-refractivity contribution >= 4 is 11.6 Å². The molecule has 3 rings (SSSR count). The lowest BCUT2D eigenvalue weighted by molar-refractivity contribution is 0.0945. The molecule has 0 saturated heterocycles. The SMILES string of the molecule is COc1cccc(CCNc2ccc(C(=O)NCc3ccccn3)nc2)c1. The quantitative estimate of drug-likeness (QED) is 0.644. The zero-order valence-corrected chi connectivity index (χ0v) is 15.2. The van der Waals surface area contributed by atoms with Gasteiger partial charge in [-0.15, -0.1) is 0 Å². The molecule has 0 spiro atoms. The van der Waals surface area contributed by atoms with E-state index in [4.69, 9.17) is 4.74 Å². The third kappa shape index (κ3) is 5.54. The number of nitrogens with zero attached hydrogens (tertiary/aromatic N) is 2. The van der Waals surface area contributed by atoms with Gasteiger partial charge in [-0.2, -0.15) is 0 Å². The van der Waals surface area contributed by atoms with Gasteiger partial charge in [0.05, 0.1) is 31.2 Å². The van der Waals surface area contributed by atoms with Gasteiger partial charge in [-0.1, -0.05) is 18.2 Å². The molecular formula is C21H22N4O2. The first kappa shape index (κ1) is 18.4. The predicted octanol–water partition coefficient (Wildman–Crippen LogP) is 3.07. The van der Waals surface area contributed by atoms with E-state index in [1.165, 1.54) is 5.56 Å². The first-order valence-corrected chi connectivity index (χ1v) is 8.75. The minimum absolute atomic E-state index is 0.219. The van der Waals surface area contributed by atoms with Crippen LogP contribution in [0.4, 0.5) is 5.69 Å². The topological polar surface area (TPSA) is 76.1 Å². The molecule has 0 fully saturated rings. The van der Waals surface area contributed by atoms with Crippen molar-refractivity contribution < 1.29 is 9.53 Å². The average Bonchev–Trinajstić information content (AvgIpc) is 2.73. The fourth-order valence-corrected chi connectivity index (χ4v) is 2.58. The zero-order chi connectivity index (χ0) is 18.9. The number of methoxy groups -OCH3 is 1. The summed E-state index contributed by atoms with van der Waals surface area (Å²) in [4.78, 5) is 20.6.